The second-order valence-electron chi connectivity index (χ2n) is 10.4. The maximum Gasteiger partial charge on any atom is 0.292 e. The summed E-state index contributed by atoms with van der Waals surface area (Å²) in [5, 5.41) is 9.04. The Morgan fingerprint density at radius 3 is 2.48 bits per heavy atom. The van der Waals surface area contributed by atoms with Gasteiger partial charge in [-0.15, -0.1) is 10.2 Å². The number of H-pyrrole nitrogens is 1. The van der Waals surface area contributed by atoms with Crippen molar-refractivity contribution >= 4 is 22.8 Å². The first-order valence-electron chi connectivity index (χ1n) is 13.9. The summed E-state index contributed by atoms with van der Waals surface area (Å²) in [6, 6.07) is 23.8. The van der Waals surface area contributed by atoms with Crippen molar-refractivity contribution < 1.29 is 4.79 Å². The lowest BCUT2D eigenvalue weighted by Crippen LogP contribution is -2.46. The molecule has 0 spiro atoms. The Labute approximate surface area is 232 Å². The van der Waals surface area contributed by atoms with Crippen LogP contribution in [0.2, 0.25) is 0 Å². The van der Waals surface area contributed by atoms with E-state index < -0.39 is 0 Å². The number of aromatic nitrogens is 6. The molecule has 5 aromatic rings. The van der Waals surface area contributed by atoms with Gasteiger partial charge >= 0.3 is 0 Å². The van der Waals surface area contributed by atoms with Crippen molar-refractivity contribution in [3.8, 4) is 5.69 Å². The number of hydrogen-bond acceptors (Lipinski definition) is 7. The van der Waals surface area contributed by atoms with Gasteiger partial charge in [0.1, 0.15) is 11.6 Å². The number of aromatic amines is 1. The first kappa shape index (κ1) is 24.5. The molecule has 2 aliphatic heterocycles. The molecule has 0 aliphatic carbocycles. The van der Waals surface area contributed by atoms with Crippen LogP contribution in [-0.2, 0) is 6.54 Å². The molecule has 10 nitrogen and oxygen atoms in total. The first-order chi connectivity index (χ1) is 19.7. The number of benzene rings is 2. The topological polar surface area (TPSA) is 99.1 Å². The highest BCUT2D eigenvalue weighted by atomic mass is 16.2. The minimum absolute atomic E-state index is 0.120. The van der Waals surface area contributed by atoms with Crippen LogP contribution in [0.3, 0.4) is 0 Å². The molecule has 0 radical (unpaired) electrons. The highest BCUT2D eigenvalue weighted by Gasteiger charge is 2.36. The second kappa shape index (κ2) is 10.5. The quantitative estimate of drug-likeness (QED) is 0.354. The van der Waals surface area contributed by atoms with Crippen molar-refractivity contribution in [1.29, 1.82) is 0 Å². The van der Waals surface area contributed by atoms with Crippen molar-refractivity contribution in [2.24, 2.45) is 0 Å². The van der Waals surface area contributed by atoms with E-state index in [1.807, 2.05) is 82.4 Å². The molecular formula is C30H31N9O. The Morgan fingerprint density at radius 2 is 1.68 bits per heavy atom. The summed E-state index contributed by atoms with van der Waals surface area (Å²) in [6.07, 6.45) is 3.61. The van der Waals surface area contributed by atoms with E-state index in [2.05, 4.69) is 36.0 Å². The maximum absolute atomic E-state index is 14.1. The van der Waals surface area contributed by atoms with E-state index in [1.165, 1.54) is 0 Å². The Balaban J connectivity index is 1.15. The molecule has 7 rings (SSSR count). The van der Waals surface area contributed by atoms with E-state index in [-0.39, 0.29) is 11.9 Å². The fourth-order valence-corrected chi connectivity index (χ4v) is 5.83. The number of carbonyl (C=O) groups excluding carboxylic acids is 1. The van der Waals surface area contributed by atoms with Crippen LogP contribution in [-0.4, -0.2) is 78.1 Å². The molecule has 3 aromatic heterocycles. The van der Waals surface area contributed by atoms with Gasteiger partial charge in [-0.2, -0.15) is 0 Å². The van der Waals surface area contributed by atoms with Gasteiger partial charge < -0.3 is 14.8 Å². The summed E-state index contributed by atoms with van der Waals surface area (Å²) in [5.41, 5.74) is 2.78. The standard InChI is InChI=1S/C30H31N9O/c40-30(38-16-8-13-25(38)28-32-23-11-4-5-12-24(23)33-28)29-35-34-27(39(29)22-9-2-1-3-10-22)21-36-17-19-37(20-18-36)26-14-6-7-15-31-26/h1-7,9-12,14-15,25H,8,13,16-21H2,(H,32,33)/t25-/m1/s1. The number of piperazine rings is 1. The van der Waals surface area contributed by atoms with Crippen LogP contribution >= 0.6 is 0 Å². The molecule has 2 aliphatic rings. The molecule has 40 heavy (non-hydrogen) atoms. The van der Waals surface area contributed by atoms with Crippen LogP contribution in [0.4, 0.5) is 5.82 Å². The van der Waals surface area contributed by atoms with Crippen molar-refractivity contribution in [3.05, 3.63) is 96.5 Å². The van der Waals surface area contributed by atoms with E-state index >= 15 is 0 Å². The number of amides is 1. The zero-order chi connectivity index (χ0) is 26.9. The smallest absolute Gasteiger partial charge is 0.292 e. The lowest BCUT2D eigenvalue weighted by molar-refractivity contribution is 0.0715. The molecule has 0 bridgehead atoms. The molecule has 202 valence electrons. The van der Waals surface area contributed by atoms with Crippen molar-refractivity contribution in [2.75, 3.05) is 37.6 Å². The number of para-hydroxylation sites is 3. The minimum Gasteiger partial charge on any atom is -0.354 e. The predicted octanol–water partition coefficient (Wildman–Crippen LogP) is 3.84. The van der Waals surface area contributed by atoms with Gasteiger partial charge in [0.15, 0.2) is 5.82 Å². The monoisotopic (exact) mass is 533 g/mol. The summed E-state index contributed by atoms with van der Waals surface area (Å²) in [6.45, 7) is 4.79. The SMILES string of the molecule is O=C(c1nnc(CN2CCN(c3ccccn3)CC2)n1-c1ccccc1)N1CCC[C@@H]1c1nc2ccccc2[nH]1. The summed E-state index contributed by atoms with van der Waals surface area (Å²) < 4.78 is 1.93. The van der Waals surface area contributed by atoms with Gasteiger partial charge in [0.2, 0.25) is 5.82 Å². The third-order valence-electron chi connectivity index (χ3n) is 7.88. The Morgan fingerprint density at radius 1 is 0.875 bits per heavy atom. The Bertz CT molecular complexity index is 1570. The van der Waals surface area contributed by atoms with Crippen LogP contribution in [0.5, 0.6) is 0 Å². The number of nitrogens with one attached hydrogen (secondary N) is 1. The second-order valence-corrected chi connectivity index (χ2v) is 10.4. The Kier molecular flexibility index (Phi) is 6.45. The van der Waals surface area contributed by atoms with Gasteiger partial charge in [-0.05, 0) is 49.2 Å². The van der Waals surface area contributed by atoms with E-state index in [0.29, 0.717) is 18.9 Å². The molecule has 2 saturated heterocycles. The molecular weight excluding hydrogens is 502 g/mol. The number of carbonyl (C=O) groups is 1. The summed E-state index contributed by atoms with van der Waals surface area (Å²) in [4.78, 5) is 33.4. The highest BCUT2D eigenvalue weighted by molar-refractivity contribution is 5.92. The van der Waals surface area contributed by atoms with Crippen LogP contribution in [0.25, 0.3) is 16.7 Å². The third-order valence-corrected chi connectivity index (χ3v) is 7.88. The number of rotatable bonds is 6. The van der Waals surface area contributed by atoms with E-state index in [4.69, 9.17) is 4.98 Å². The van der Waals surface area contributed by atoms with Crippen LogP contribution in [0.15, 0.2) is 79.0 Å². The normalized spacial score (nSPS) is 18.1. The summed E-state index contributed by atoms with van der Waals surface area (Å²) in [5.74, 6) is 2.82. The largest absolute Gasteiger partial charge is 0.354 e. The Hall–Kier alpha value is -4.57. The molecule has 10 heteroatoms. The van der Waals surface area contributed by atoms with Gasteiger partial charge in [-0.1, -0.05) is 36.4 Å². The molecule has 5 heterocycles. The number of likely N-dealkylation sites (tertiary alicyclic amines) is 1. The summed E-state index contributed by atoms with van der Waals surface area (Å²) in [7, 11) is 0. The van der Waals surface area contributed by atoms with E-state index in [9.17, 15) is 4.79 Å². The van der Waals surface area contributed by atoms with Crippen molar-refractivity contribution in [2.45, 2.75) is 25.4 Å². The summed E-state index contributed by atoms with van der Waals surface area (Å²) >= 11 is 0. The fourth-order valence-electron chi connectivity index (χ4n) is 5.83. The number of fused-ring (bicyclic) bond motifs is 1. The van der Waals surface area contributed by atoms with E-state index in [0.717, 1.165) is 73.2 Å². The lowest BCUT2D eigenvalue weighted by atomic mass is 10.2. The molecule has 2 fully saturated rings. The first-order valence-corrected chi connectivity index (χ1v) is 13.9. The average Bonchev–Trinajstić information content (AvgIpc) is 3.76. The van der Waals surface area contributed by atoms with Gasteiger partial charge in [0.25, 0.3) is 5.91 Å². The molecule has 1 atom stereocenters. The molecule has 1 amide bonds. The average molecular weight is 534 g/mol. The van der Waals surface area contributed by atoms with Crippen molar-refractivity contribution in [1.82, 2.24) is 39.5 Å². The third kappa shape index (κ3) is 4.60. The minimum atomic E-state index is -0.121. The number of hydrogen-bond donors (Lipinski definition) is 1. The lowest BCUT2D eigenvalue weighted by Gasteiger charge is -2.35. The predicted molar refractivity (Wildman–Crippen MR) is 152 cm³/mol. The van der Waals surface area contributed by atoms with Crippen LogP contribution in [0.1, 0.15) is 41.2 Å². The van der Waals surface area contributed by atoms with Crippen LogP contribution < -0.4 is 4.90 Å². The molecule has 0 saturated carbocycles. The van der Waals surface area contributed by atoms with Gasteiger partial charge in [-0.25, -0.2) is 9.97 Å². The maximum atomic E-state index is 14.1. The number of nitrogens with zero attached hydrogens (tertiary/aromatic N) is 8. The fraction of sp³-hybridized carbons (Fsp3) is 0.300. The molecule has 2 aromatic carbocycles. The molecule has 0 unspecified atom stereocenters. The van der Waals surface area contributed by atoms with Crippen LogP contribution in [0, 0.1) is 0 Å². The molecule has 1 N–H and O–H groups in total. The zero-order valence-electron chi connectivity index (χ0n) is 22.2. The zero-order valence-corrected chi connectivity index (χ0v) is 22.2. The van der Waals surface area contributed by atoms with Gasteiger partial charge in [0.05, 0.1) is 23.6 Å². The number of imidazole rings is 1. The van der Waals surface area contributed by atoms with Gasteiger partial charge in [0, 0.05) is 44.6 Å². The number of anilines is 1. The number of pyridine rings is 1. The van der Waals surface area contributed by atoms with E-state index in [1.54, 1.807) is 0 Å². The van der Waals surface area contributed by atoms with Gasteiger partial charge in [-0.3, -0.25) is 14.3 Å². The highest BCUT2D eigenvalue weighted by Crippen LogP contribution is 2.33. The van der Waals surface area contributed by atoms with Crippen molar-refractivity contribution in [3.63, 3.8) is 0 Å².